The van der Waals surface area contributed by atoms with Gasteiger partial charge in [0.2, 0.25) is 11.5 Å². The van der Waals surface area contributed by atoms with E-state index in [1.807, 2.05) is 18.2 Å². The number of ketones is 1. The highest BCUT2D eigenvalue weighted by Gasteiger charge is 2.47. The second-order valence-corrected chi connectivity index (χ2v) is 5.78. The van der Waals surface area contributed by atoms with Gasteiger partial charge in [0.05, 0.1) is 12.7 Å². The zero-order valence-electron chi connectivity index (χ0n) is 12.8. The molecule has 3 rings (SSSR count). The quantitative estimate of drug-likeness (QED) is 0.936. The summed E-state index contributed by atoms with van der Waals surface area (Å²) in [6, 6.07) is 14.1. The number of Topliss-reactive ketones (excluding diaryl/α,β-unsaturated/α-hetero) is 1. The van der Waals surface area contributed by atoms with Crippen molar-refractivity contribution in [1.82, 2.24) is 0 Å². The molecule has 1 aliphatic rings. The fourth-order valence-electron chi connectivity index (χ4n) is 2.72. The number of hydrogen-bond donors (Lipinski definition) is 1. The smallest absolute Gasteiger partial charge is 0.248 e. The largest absolute Gasteiger partial charge is 0.497 e. The van der Waals surface area contributed by atoms with Gasteiger partial charge in [0.1, 0.15) is 11.5 Å². The third-order valence-electron chi connectivity index (χ3n) is 3.83. The molecule has 0 radical (unpaired) electrons. The monoisotopic (exact) mass is 329 g/mol. The number of carbonyl (C=O) groups excluding carboxylic acids is 1. The second-order valence-electron chi connectivity index (χ2n) is 5.34. The fourth-order valence-corrected chi connectivity index (χ4v) is 2.94. The van der Waals surface area contributed by atoms with Crippen LogP contribution in [0.15, 0.2) is 54.3 Å². The molecule has 0 amide bonds. The highest BCUT2D eigenvalue weighted by Crippen LogP contribution is 2.40. The first-order chi connectivity index (χ1) is 11.0. The molecule has 0 spiro atoms. The summed E-state index contributed by atoms with van der Waals surface area (Å²) in [4.78, 5) is 13.0. The molecule has 1 unspecified atom stereocenters. The molecule has 0 fully saturated rings. The van der Waals surface area contributed by atoms with Crippen molar-refractivity contribution in [2.45, 2.75) is 12.6 Å². The van der Waals surface area contributed by atoms with Crippen molar-refractivity contribution in [3.63, 3.8) is 0 Å². The van der Waals surface area contributed by atoms with Gasteiger partial charge in [-0.3, -0.25) is 10.5 Å². The van der Waals surface area contributed by atoms with Crippen LogP contribution < -0.4 is 10.5 Å². The Morgan fingerprint density at radius 3 is 2.52 bits per heavy atom. The predicted molar refractivity (Wildman–Crippen MR) is 89.0 cm³/mol. The molecule has 5 heteroatoms. The Bertz CT molecular complexity index is 801. The van der Waals surface area contributed by atoms with Crippen LogP contribution in [0, 0.1) is 0 Å². The van der Waals surface area contributed by atoms with E-state index in [0.717, 1.165) is 0 Å². The van der Waals surface area contributed by atoms with E-state index in [9.17, 15) is 4.79 Å². The fraction of sp³-hybridized carbons (Fsp3) is 0.167. The van der Waals surface area contributed by atoms with Gasteiger partial charge in [0, 0.05) is 10.6 Å². The molecule has 0 saturated heterocycles. The Kier molecular flexibility index (Phi) is 3.88. The molecule has 2 aromatic carbocycles. The highest BCUT2D eigenvalue weighted by atomic mass is 35.5. The second kappa shape index (κ2) is 5.72. The van der Waals surface area contributed by atoms with Gasteiger partial charge in [-0.25, -0.2) is 0 Å². The topological polar surface area (TPSA) is 61.6 Å². The lowest BCUT2D eigenvalue weighted by molar-refractivity contribution is -0.130. The molecular weight excluding hydrogens is 314 g/mol. The van der Waals surface area contributed by atoms with E-state index >= 15 is 0 Å². The Morgan fingerprint density at radius 1 is 1.17 bits per heavy atom. The number of carbonyl (C=O) groups is 1. The van der Waals surface area contributed by atoms with Crippen LogP contribution in [0.4, 0.5) is 0 Å². The zero-order chi connectivity index (χ0) is 16.6. The first-order valence-corrected chi connectivity index (χ1v) is 7.47. The molecule has 1 heterocycles. The Hall–Kier alpha value is -2.30. The van der Waals surface area contributed by atoms with Gasteiger partial charge in [-0.05, 0) is 30.7 Å². The van der Waals surface area contributed by atoms with Crippen molar-refractivity contribution in [1.29, 1.82) is 0 Å². The molecule has 118 valence electrons. The van der Waals surface area contributed by atoms with Crippen LogP contribution >= 0.6 is 11.6 Å². The van der Waals surface area contributed by atoms with Crippen LogP contribution in [0.2, 0.25) is 5.02 Å². The standard InChI is InChI=1S/C18H16ClNO3/c1-11-16(12-8-14(19)10-15(9-12)22-2)17(21)18(20,23-11)13-6-4-3-5-7-13/h3-10H,20H2,1-2H3. The highest BCUT2D eigenvalue weighted by molar-refractivity contribution is 6.32. The lowest BCUT2D eigenvalue weighted by atomic mass is 9.92. The first kappa shape index (κ1) is 15.6. The maximum atomic E-state index is 13.0. The maximum absolute atomic E-state index is 13.0. The van der Waals surface area contributed by atoms with E-state index in [0.29, 0.717) is 33.2 Å². The third kappa shape index (κ3) is 2.60. The molecule has 0 aromatic heterocycles. The summed E-state index contributed by atoms with van der Waals surface area (Å²) in [6.07, 6.45) is 0. The van der Waals surface area contributed by atoms with E-state index in [2.05, 4.69) is 0 Å². The van der Waals surface area contributed by atoms with Crippen molar-refractivity contribution in [2.75, 3.05) is 7.11 Å². The van der Waals surface area contributed by atoms with Gasteiger partial charge < -0.3 is 9.47 Å². The molecule has 0 saturated carbocycles. The average Bonchev–Trinajstić information content (AvgIpc) is 2.78. The zero-order valence-corrected chi connectivity index (χ0v) is 13.6. The van der Waals surface area contributed by atoms with Gasteiger partial charge >= 0.3 is 0 Å². The molecule has 0 aliphatic carbocycles. The van der Waals surface area contributed by atoms with Crippen LogP contribution in [0.3, 0.4) is 0 Å². The summed E-state index contributed by atoms with van der Waals surface area (Å²) in [5, 5.41) is 0.474. The molecule has 2 N–H and O–H groups in total. The van der Waals surface area contributed by atoms with Gasteiger partial charge in [0.15, 0.2) is 0 Å². The summed E-state index contributed by atoms with van der Waals surface area (Å²) in [5.74, 6) is 0.728. The number of benzene rings is 2. The molecule has 1 aliphatic heterocycles. The number of methoxy groups -OCH3 is 1. The number of hydrogen-bond acceptors (Lipinski definition) is 4. The molecule has 4 nitrogen and oxygen atoms in total. The normalized spacial score (nSPS) is 20.6. The van der Waals surface area contributed by atoms with Gasteiger partial charge in [0.25, 0.3) is 0 Å². The molecule has 2 aromatic rings. The third-order valence-corrected chi connectivity index (χ3v) is 4.05. The minimum Gasteiger partial charge on any atom is -0.497 e. The average molecular weight is 330 g/mol. The van der Waals surface area contributed by atoms with Crippen LogP contribution in [0.25, 0.3) is 5.57 Å². The van der Waals surface area contributed by atoms with Crippen molar-refractivity contribution in [3.05, 3.63) is 70.4 Å². The van der Waals surface area contributed by atoms with Gasteiger partial charge in [-0.1, -0.05) is 41.9 Å². The molecule has 1 atom stereocenters. The first-order valence-electron chi connectivity index (χ1n) is 7.10. The van der Waals surface area contributed by atoms with E-state index in [-0.39, 0.29) is 5.78 Å². The lowest BCUT2D eigenvalue weighted by Crippen LogP contribution is -2.43. The van der Waals surface area contributed by atoms with Crippen LogP contribution in [0.1, 0.15) is 18.1 Å². The predicted octanol–water partition coefficient (Wildman–Crippen LogP) is 3.49. The van der Waals surface area contributed by atoms with Gasteiger partial charge in [-0.2, -0.15) is 0 Å². The minimum atomic E-state index is -1.52. The summed E-state index contributed by atoms with van der Waals surface area (Å²) >= 11 is 6.10. The number of allylic oxidation sites excluding steroid dienone is 1. The Balaban J connectivity index is 2.07. The maximum Gasteiger partial charge on any atom is 0.248 e. The van der Waals surface area contributed by atoms with E-state index in [4.69, 9.17) is 26.8 Å². The van der Waals surface area contributed by atoms with Crippen molar-refractivity contribution in [2.24, 2.45) is 5.73 Å². The minimum absolute atomic E-state index is 0.300. The summed E-state index contributed by atoms with van der Waals surface area (Å²) in [7, 11) is 1.54. The number of ether oxygens (including phenoxy) is 2. The van der Waals surface area contributed by atoms with E-state index in [1.54, 1.807) is 44.4 Å². The van der Waals surface area contributed by atoms with Gasteiger partial charge in [-0.15, -0.1) is 0 Å². The summed E-state index contributed by atoms with van der Waals surface area (Å²) in [6.45, 7) is 1.72. The summed E-state index contributed by atoms with van der Waals surface area (Å²) < 4.78 is 11.0. The Labute approximate surface area is 139 Å². The number of nitrogens with two attached hydrogens (primary N) is 1. The Morgan fingerprint density at radius 2 is 1.87 bits per heavy atom. The van der Waals surface area contributed by atoms with Crippen LogP contribution in [0.5, 0.6) is 5.75 Å². The van der Waals surface area contributed by atoms with Crippen LogP contribution in [-0.2, 0) is 15.3 Å². The lowest BCUT2D eigenvalue weighted by Gasteiger charge is -2.23. The molecule has 0 bridgehead atoms. The molecular formula is C18H16ClNO3. The molecule has 23 heavy (non-hydrogen) atoms. The van der Waals surface area contributed by atoms with Crippen LogP contribution in [-0.4, -0.2) is 12.9 Å². The SMILES string of the molecule is COc1cc(Cl)cc(C2=C(C)OC(N)(c3ccccc3)C2=O)c1. The van der Waals surface area contributed by atoms with Crippen molar-refractivity contribution in [3.8, 4) is 5.75 Å². The summed E-state index contributed by atoms with van der Waals surface area (Å²) in [5.41, 5.74) is 6.40. The van der Waals surface area contributed by atoms with Crippen molar-refractivity contribution < 1.29 is 14.3 Å². The van der Waals surface area contributed by atoms with E-state index in [1.165, 1.54) is 0 Å². The van der Waals surface area contributed by atoms with E-state index < -0.39 is 5.72 Å². The number of halogens is 1. The van der Waals surface area contributed by atoms with Crippen molar-refractivity contribution >= 4 is 23.0 Å². The number of rotatable bonds is 3.